The van der Waals surface area contributed by atoms with Crippen LogP contribution in [-0.2, 0) is 11.2 Å². The average molecular weight is 385 g/mol. The third-order valence-electron chi connectivity index (χ3n) is 5.03. The number of likely N-dealkylation sites (tertiary alicyclic amines) is 1. The van der Waals surface area contributed by atoms with Crippen LogP contribution in [0.5, 0.6) is 0 Å². The van der Waals surface area contributed by atoms with Gasteiger partial charge in [0.05, 0.1) is 12.6 Å². The number of nitrogens with zero attached hydrogens (tertiary/aromatic N) is 1. The number of aliphatic hydroxyl groups is 1. The number of hydrogen-bond acceptors (Lipinski definition) is 3. The Balaban J connectivity index is 1.86. The van der Waals surface area contributed by atoms with Crippen LogP contribution in [-0.4, -0.2) is 40.9 Å². The van der Waals surface area contributed by atoms with E-state index in [1.807, 2.05) is 51.1 Å². The van der Waals surface area contributed by atoms with E-state index in [2.05, 4.69) is 0 Å². The largest absolute Gasteiger partial charge is 0.444 e. The normalized spacial score (nSPS) is 22.8. The second-order valence-electron chi connectivity index (χ2n) is 8.48. The SMILES string of the molecule is CC(C)(C)OC(=O)N1CC(O)C(c2ccc(F)cc2)C(Cc2ccccc2)C1. The van der Waals surface area contributed by atoms with Crippen molar-refractivity contribution in [1.29, 1.82) is 0 Å². The van der Waals surface area contributed by atoms with Crippen molar-refractivity contribution >= 4 is 6.09 Å². The van der Waals surface area contributed by atoms with Crippen LogP contribution in [0.15, 0.2) is 54.6 Å². The Labute approximate surface area is 165 Å². The van der Waals surface area contributed by atoms with E-state index in [-0.39, 0.29) is 24.2 Å². The predicted octanol–water partition coefficient (Wildman–Crippen LogP) is 4.38. The van der Waals surface area contributed by atoms with E-state index < -0.39 is 17.8 Å². The first-order valence-electron chi connectivity index (χ1n) is 9.68. The summed E-state index contributed by atoms with van der Waals surface area (Å²) in [5.74, 6) is -0.493. The van der Waals surface area contributed by atoms with Crippen LogP contribution in [0, 0.1) is 11.7 Å². The molecule has 28 heavy (non-hydrogen) atoms. The van der Waals surface area contributed by atoms with Crippen LogP contribution in [0.2, 0.25) is 0 Å². The number of hydrogen-bond donors (Lipinski definition) is 1. The van der Waals surface area contributed by atoms with E-state index in [1.54, 1.807) is 17.0 Å². The number of aliphatic hydroxyl groups excluding tert-OH is 1. The monoisotopic (exact) mass is 385 g/mol. The Kier molecular flexibility index (Phi) is 6.04. The summed E-state index contributed by atoms with van der Waals surface area (Å²) >= 11 is 0. The second kappa shape index (κ2) is 8.31. The van der Waals surface area contributed by atoms with Crippen molar-refractivity contribution in [2.24, 2.45) is 5.92 Å². The third kappa shape index (κ3) is 5.10. The Morgan fingerprint density at radius 1 is 1.11 bits per heavy atom. The standard InChI is InChI=1S/C23H28FNO3/c1-23(2,3)28-22(27)25-14-18(13-16-7-5-4-6-8-16)21(20(26)15-25)17-9-11-19(24)12-10-17/h4-12,18,20-21,26H,13-15H2,1-3H3. The maximum Gasteiger partial charge on any atom is 0.410 e. The Morgan fingerprint density at radius 3 is 2.36 bits per heavy atom. The molecular formula is C23H28FNO3. The lowest BCUT2D eigenvalue weighted by atomic mass is 9.76. The van der Waals surface area contributed by atoms with Crippen LogP contribution >= 0.6 is 0 Å². The average Bonchev–Trinajstić information content (AvgIpc) is 2.62. The highest BCUT2D eigenvalue weighted by Crippen LogP contribution is 2.36. The molecule has 5 heteroatoms. The van der Waals surface area contributed by atoms with Gasteiger partial charge in [-0.1, -0.05) is 42.5 Å². The maximum absolute atomic E-state index is 13.4. The molecule has 1 heterocycles. The molecule has 0 aliphatic carbocycles. The molecule has 1 aliphatic heterocycles. The molecule has 0 spiro atoms. The highest BCUT2D eigenvalue weighted by molar-refractivity contribution is 5.68. The minimum absolute atomic E-state index is 0.0101. The molecule has 0 saturated carbocycles. The molecule has 1 saturated heterocycles. The topological polar surface area (TPSA) is 49.8 Å². The highest BCUT2D eigenvalue weighted by atomic mass is 19.1. The van der Waals surface area contributed by atoms with Gasteiger partial charge in [0.25, 0.3) is 0 Å². The van der Waals surface area contributed by atoms with Crippen molar-refractivity contribution in [3.8, 4) is 0 Å². The Morgan fingerprint density at radius 2 is 1.75 bits per heavy atom. The number of halogens is 1. The Bertz CT molecular complexity index is 786. The van der Waals surface area contributed by atoms with E-state index >= 15 is 0 Å². The minimum atomic E-state index is -0.750. The lowest BCUT2D eigenvalue weighted by Gasteiger charge is -2.42. The summed E-state index contributed by atoms with van der Waals surface area (Å²) in [6.07, 6.45) is -0.457. The molecular weight excluding hydrogens is 357 g/mol. The van der Waals surface area contributed by atoms with Gasteiger partial charge in [0.15, 0.2) is 0 Å². The molecule has 3 atom stereocenters. The highest BCUT2D eigenvalue weighted by Gasteiger charge is 2.39. The lowest BCUT2D eigenvalue weighted by Crippen LogP contribution is -2.52. The second-order valence-corrected chi connectivity index (χ2v) is 8.48. The smallest absolute Gasteiger partial charge is 0.410 e. The zero-order valence-electron chi connectivity index (χ0n) is 16.6. The van der Waals surface area contributed by atoms with Gasteiger partial charge >= 0.3 is 6.09 Å². The number of benzene rings is 2. The van der Waals surface area contributed by atoms with Crippen molar-refractivity contribution in [2.75, 3.05) is 13.1 Å². The molecule has 1 N–H and O–H groups in total. The van der Waals surface area contributed by atoms with Gasteiger partial charge in [-0.25, -0.2) is 9.18 Å². The molecule has 3 rings (SSSR count). The van der Waals surface area contributed by atoms with Gasteiger partial charge in [-0.2, -0.15) is 0 Å². The van der Waals surface area contributed by atoms with Crippen LogP contribution in [0.25, 0.3) is 0 Å². The number of carbonyl (C=O) groups is 1. The molecule has 3 unspecified atom stereocenters. The van der Waals surface area contributed by atoms with Crippen molar-refractivity contribution in [3.63, 3.8) is 0 Å². The van der Waals surface area contributed by atoms with E-state index in [9.17, 15) is 14.3 Å². The summed E-state index contributed by atoms with van der Waals surface area (Å²) in [6, 6.07) is 16.3. The van der Waals surface area contributed by atoms with E-state index in [4.69, 9.17) is 4.74 Å². The molecule has 0 radical (unpaired) electrons. The number of amides is 1. The number of carbonyl (C=O) groups excluding carboxylic acids is 1. The molecule has 4 nitrogen and oxygen atoms in total. The van der Waals surface area contributed by atoms with Crippen molar-refractivity contribution in [2.45, 2.75) is 44.8 Å². The van der Waals surface area contributed by atoms with Crippen LogP contribution in [0.1, 0.15) is 37.8 Å². The van der Waals surface area contributed by atoms with Crippen molar-refractivity contribution < 1.29 is 19.0 Å². The first kappa shape index (κ1) is 20.3. The maximum atomic E-state index is 13.4. The molecule has 2 aromatic carbocycles. The number of β-amino-alcohol motifs (C(OH)–C–C–N with tert-alkyl or cyclic N) is 1. The first-order valence-corrected chi connectivity index (χ1v) is 9.68. The van der Waals surface area contributed by atoms with Gasteiger partial charge in [-0.3, -0.25) is 0 Å². The summed E-state index contributed by atoms with van der Waals surface area (Å²) in [5, 5.41) is 10.9. The summed E-state index contributed by atoms with van der Waals surface area (Å²) < 4.78 is 18.9. The Hall–Kier alpha value is -2.40. The van der Waals surface area contributed by atoms with Gasteiger partial charge in [0.2, 0.25) is 0 Å². The molecule has 150 valence electrons. The fourth-order valence-electron chi connectivity index (χ4n) is 3.89. The first-order chi connectivity index (χ1) is 13.2. The molecule has 1 fully saturated rings. The zero-order chi connectivity index (χ0) is 20.3. The summed E-state index contributed by atoms with van der Waals surface area (Å²) in [4.78, 5) is 14.2. The van der Waals surface area contributed by atoms with Crippen LogP contribution in [0.3, 0.4) is 0 Å². The fraction of sp³-hybridized carbons (Fsp3) is 0.435. The number of rotatable bonds is 3. The molecule has 2 aromatic rings. The van der Waals surface area contributed by atoms with E-state index in [0.29, 0.717) is 13.0 Å². The summed E-state index contributed by atoms with van der Waals surface area (Å²) in [6.45, 7) is 6.15. The van der Waals surface area contributed by atoms with Gasteiger partial charge in [-0.15, -0.1) is 0 Å². The lowest BCUT2D eigenvalue weighted by molar-refractivity contribution is -0.0162. The number of ether oxygens (including phenoxy) is 1. The van der Waals surface area contributed by atoms with Gasteiger partial charge in [0.1, 0.15) is 11.4 Å². The fourth-order valence-corrected chi connectivity index (χ4v) is 3.89. The summed E-state index contributed by atoms with van der Waals surface area (Å²) in [5.41, 5.74) is 1.43. The molecule has 0 bridgehead atoms. The predicted molar refractivity (Wildman–Crippen MR) is 107 cm³/mol. The minimum Gasteiger partial charge on any atom is -0.444 e. The molecule has 1 amide bonds. The van der Waals surface area contributed by atoms with Crippen molar-refractivity contribution in [1.82, 2.24) is 4.90 Å². The number of piperidine rings is 1. The molecule has 0 aromatic heterocycles. The third-order valence-corrected chi connectivity index (χ3v) is 5.03. The van der Waals surface area contributed by atoms with E-state index in [0.717, 1.165) is 11.1 Å². The summed E-state index contributed by atoms with van der Waals surface area (Å²) in [7, 11) is 0. The van der Waals surface area contributed by atoms with Gasteiger partial charge in [-0.05, 0) is 56.4 Å². The van der Waals surface area contributed by atoms with Crippen molar-refractivity contribution in [3.05, 3.63) is 71.5 Å². The zero-order valence-corrected chi connectivity index (χ0v) is 16.6. The quantitative estimate of drug-likeness (QED) is 0.853. The van der Waals surface area contributed by atoms with Gasteiger partial charge < -0.3 is 14.7 Å². The van der Waals surface area contributed by atoms with Gasteiger partial charge in [0, 0.05) is 12.5 Å². The van der Waals surface area contributed by atoms with Crippen LogP contribution in [0.4, 0.5) is 9.18 Å². The van der Waals surface area contributed by atoms with Crippen LogP contribution < -0.4 is 0 Å². The molecule has 1 aliphatic rings. The van der Waals surface area contributed by atoms with E-state index in [1.165, 1.54) is 12.1 Å².